The number of fused-ring (bicyclic) bond motifs is 1. The predicted octanol–water partition coefficient (Wildman–Crippen LogP) is 3.07. The first-order chi connectivity index (χ1) is 15.9. The zero-order valence-electron chi connectivity index (χ0n) is 19.5. The molecule has 3 N–H and O–H groups in total. The van der Waals surface area contributed by atoms with Gasteiger partial charge in [-0.15, -0.1) is 0 Å². The van der Waals surface area contributed by atoms with Crippen LogP contribution in [0.5, 0.6) is 11.5 Å². The second-order valence-electron chi connectivity index (χ2n) is 7.96. The van der Waals surface area contributed by atoms with Crippen molar-refractivity contribution in [1.29, 1.82) is 0 Å². The molecule has 2 aromatic carbocycles. The zero-order chi connectivity index (χ0) is 24.0. The molecule has 0 amide bonds. The highest BCUT2D eigenvalue weighted by atomic mass is 32.1. The van der Waals surface area contributed by atoms with Crippen LogP contribution in [-0.4, -0.2) is 54.0 Å². The minimum atomic E-state index is -0.151. The van der Waals surface area contributed by atoms with Crippen molar-refractivity contribution < 1.29 is 14.6 Å². The first-order valence-electron chi connectivity index (χ1n) is 10.8. The number of nitrogens with one attached hydrogen (secondary N) is 2. The van der Waals surface area contributed by atoms with Crippen molar-refractivity contribution in [2.24, 2.45) is 0 Å². The van der Waals surface area contributed by atoms with E-state index in [1.165, 1.54) is 5.56 Å². The van der Waals surface area contributed by atoms with Crippen LogP contribution in [0.3, 0.4) is 0 Å². The van der Waals surface area contributed by atoms with Crippen molar-refractivity contribution in [2.75, 3.05) is 33.9 Å². The average molecular weight is 470 g/mol. The van der Waals surface area contributed by atoms with Crippen LogP contribution in [0.4, 0.5) is 0 Å². The Bertz CT molecular complexity index is 1190. The van der Waals surface area contributed by atoms with E-state index in [9.17, 15) is 9.90 Å². The summed E-state index contributed by atoms with van der Waals surface area (Å²) in [4.78, 5) is 17.4. The molecule has 0 fully saturated rings. The van der Waals surface area contributed by atoms with E-state index in [0.717, 1.165) is 28.5 Å². The minimum absolute atomic E-state index is 0.0682. The van der Waals surface area contributed by atoms with Crippen LogP contribution < -0.4 is 20.3 Å². The maximum absolute atomic E-state index is 12.7. The Hall–Kier alpha value is -3.10. The first kappa shape index (κ1) is 24.5. The third-order valence-electron chi connectivity index (χ3n) is 5.69. The van der Waals surface area contributed by atoms with Crippen molar-refractivity contribution in [3.63, 3.8) is 0 Å². The van der Waals surface area contributed by atoms with Gasteiger partial charge in [0.2, 0.25) is 0 Å². The van der Waals surface area contributed by atoms with E-state index in [0.29, 0.717) is 41.8 Å². The predicted molar refractivity (Wildman–Crippen MR) is 135 cm³/mol. The quantitative estimate of drug-likeness (QED) is 0.415. The number of methoxy groups -OCH3 is 2. The molecule has 0 bridgehead atoms. The van der Waals surface area contributed by atoms with Crippen molar-refractivity contribution in [3.8, 4) is 11.5 Å². The fourth-order valence-electron chi connectivity index (χ4n) is 3.68. The van der Waals surface area contributed by atoms with Crippen LogP contribution in [0.25, 0.3) is 10.9 Å². The highest BCUT2D eigenvalue weighted by Crippen LogP contribution is 2.27. The second-order valence-corrected chi connectivity index (χ2v) is 8.35. The average Bonchev–Trinajstić information content (AvgIpc) is 2.80. The number of pyridine rings is 1. The summed E-state index contributed by atoms with van der Waals surface area (Å²) in [6.45, 7) is 5.24. The molecule has 0 spiro atoms. The molecule has 0 aliphatic carbocycles. The number of aromatic nitrogens is 1. The molecular weight excluding hydrogens is 438 g/mol. The van der Waals surface area contributed by atoms with E-state index >= 15 is 0 Å². The summed E-state index contributed by atoms with van der Waals surface area (Å²) in [6.07, 6.45) is 0.725. The number of hydrogen-bond acceptors (Lipinski definition) is 5. The lowest BCUT2D eigenvalue weighted by atomic mass is 10.0. The molecule has 8 heteroatoms. The molecule has 1 heterocycles. The van der Waals surface area contributed by atoms with Gasteiger partial charge in [-0.2, -0.15) is 0 Å². The van der Waals surface area contributed by atoms with Crippen LogP contribution in [-0.2, 0) is 13.0 Å². The van der Waals surface area contributed by atoms with Gasteiger partial charge in [0.15, 0.2) is 16.6 Å². The fourth-order valence-corrected chi connectivity index (χ4v) is 3.94. The number of H-pyrrole nitrogens is 1. The molecule has 7 nitrogen and oxygen atoms in total. The normalized spacial score (nSPS) is 10.8. The summed E-state index contributed by atoms with van der Waals surface area (Å²) in [7, 11) is 3.22. The summed E-state index contributed by atoms with van der Waals surface area (Å²) in [6, 6.07) is 11.8. The largest absolute Gasteiger partial charge is 0.493 e. The summed E-state index contributed by atoms with van der Waals surface area (Å²) in [5.74, 6) is 1.37. The van der Waals surface area contributed by atoms with E-state index in [1.54, 1.807) is 19.1 Å². The number of hydrogen-bond donors (Lipinski definition) is 3. The van der Waals surface area contributed by atoms with Gasteiger partial charge in [0, 0.05) is 24.2 Å². The van der Waals surface area contributed by atoms with E-state index in [2.05, 4.69) is 23.3 Å². The number of thiocarbonyl (C=S) groups is 1. The number of aliphatic hydroxyl groups excluding tert-OH is 1. The van der Waals surface area contributed by atoms with Gasteiger partial charge in [-0.05, 0) is 84.9 Å². The van der Waals surface area contributed by atoms with Crippen molar-refractivity contribution in [1.82, 2.24) is 15.2 Å². The van der Waals surface area contributed by atoms with Gasteiger partial charge in [0.1, 0.15) is 0 Å². The van der Waals surface area contributed by atoms with Gasteiger partial charge in [0.05, 0.1) is 27.4 Å². The molecule has 176 valence electrons. The Kier molecular flexibility index (Phi) is 8.30. The third-order valence-corrected chi connectivity index (χ3v) is 6.09. The molecule has 0 radical (unpaired) electrons. The lowest BCUT2D eigenvalue weighted by molar-refractivity contribution is 0.245. The number of aromatic amines is 1. The maximum Gasteiger partial charge on any atom is 0.253 e. The Labute approximate surface area is 199 Å². The van der Waals surface area contributed by atoms with Crippen LogP contribution in [0, 0.1) is 13.8 Å². The Morgan fingerprint density at radius 3 is 2.52 bits per heavy atom. The summed E-state index contributed by atoms with van der Waals surface area (Å²) < 4.78 is 10.6. The number of nitrogens with zero attached hydrogens (tertiary/aromatic N) is 1. The summed E-state index contributed by atoms with van der Waals surface area (Å²) in [5, 5.41) is 14.2. The molecule has 1 aromatic heterocycles. The molecule has 0 aliphatic rings. The smallest absolute Gasteiger partial charge is 0.253 e. The highest BCUT2D eigenvalue weighted by Gasteiger charge is 2.13. The van der Waals surface area contributed by atoms with Gasteiger partial charge in [0.25, 0.3) is 5.56 Å². The first-order valence-corrected chi connectivity index (χ1v) is 11.2. The molecular formula is C25H31N3O4S. The van der Waals surface area contributed by atoms with Crippen LogP contribution in [0.2, 0.25) is 0 Å². The van der Waals surface area contributed by atoms with Crippen LogP contribution in [0.1, 0.15) is 22.3 Å². The molecule has 0 atom stereocenters. The van der Waals surface area contributed by atoms with Gasteiger partial charge in [-0.3, -0.25) is 4.79 Å². The second kappa shape index (κ2) is 11.2. The van der Waals surface area contributed by atoms with Gasteiger partial charge >= 0.3 is 0 Å². The lowest BCUT2D eigenvalue weighted by Gasteiger charge is -2.25. The zero-order valence-corrected chi connectivity index (χ0v) is 20.3. The van der Waals surface area contributed by atoms with Gasteiger partial charge in [-0.1, -0.05) is 6.07 Å². The number of rotatable bonds is 9. The molecule has 3 rings (SSSR count). The van der Waals surface area contributed by atoms with E-state index < -0.39 is 0 Å². The SMILES string of the molecule is COc1ccc(CCNC(=S)N(CCO)Cc2cc3cc(C)c(C)cc3[nH]c2=O)cc1OC. The minimum Gasteiger partial charge on any atom is -0.493 e. The molecule has 0 unspecified atom stereocenters. The van der Waals surface area contributed by atoms with Crippen LogP contribution in [0.15, 0.2) is 41.2 Å². The maximum atomic E-state index is 12.7. The molecule has 0 aliphatic heterocycles. The van der Waals surface area contributed by atoms with Gasteiger partial charge in [-0.25, -0.2) is 0 Å². The van der Waals surface area contributed by atoms with Crippen molar-refractivity contribution in [2.45, 2.75) is 26.8 Å². The van der Waals surface area contributed by atoms with Crippen molar-refractivity contribution in [3.05, 3.63) is 69.0 Å². The highest BCUT2D eigenvalue weighted by molar-refractivity contribution is 7.80. The number of benzene rings is 2. The fraction of sp³-hybridized carbons (Fsp3) is 0.360. The number of aryl methyl sites for hydroxylation is 2. The molecule has 3 aromatic rings. The molecule has 33 heavy (non-hydrogen) atoms. The topological polar surface area (TPSA) is 86.8 Å². The third kappa shape index (κ3) is 6.03. The van der Waals surface area contributed by atoms with Crippen LogP contribution >= 0.6 is 12.2 Å². The number of aliphatic hydroxyl groups is 1. The Balaban J connectivity index is 1.68. The summed E-state index contributed by atoms with van der Waals surface area (Å²) >= 11 is 5.57. The van der Waals surface area contributed by atoms with E-state index in [1.807, 2.05) is 37.3 Å². The summed E-state index contributed by atoms with van der Waals surface area (Å²) in [5.41, 5.74) is 4.64. The van der Waals surface area contributed by atoms with E-state index in [4.69, 9.17) is 21.7 Å². The van der Waals surface area contributed by atoms with Crippen molar-refractivity contribution >= 4 is 28.2 Å². The van der Waals surface area contributed by atoms with Gasteiger partial charge < -0.3 is 29.8 Å². The molecule has 0 saturated heterocycles. The standard InChI is InChI=1S/C25H31N3O4S/c1-16-11-19-14-20(24(30)27-21(19)12-17(16)2)15-28(9-10-29)25(33)26-8-7-18-5-6-22(31-3)23(13-18)32-4/h5-6,11-14,29H,7-10,15H2,1-4H3,(H,26,33)(H,27,30). The molecule has 0 saturated carbocycles. The Morgan fingerprint density at radius 1 is 1.09 bits per heavy atom. The monoisotopic (exact) mass is 469 g/mol. The number of ether oxygens (including phenoxy) is 2. The van der Waals surface area contributed by atoms with E-state index in [-0.39, 0.29) is 12.2 Å². The Morgan fingerprint density at radius 2 is 1.82 bits per heavy atom. The lowest BCUT2D eigenvalue weighted by Crippen LogP contribution is -2.42.